The lowest BCUT2D eigenvalue weighted by molar-refractivity contribution is -0.141. The van der Waals surface area contributed by atoms with Gasteiger partial charge in [-0.2, -0.15) is 65.9 Å². The number of likely N-dealkylation sites (N-methyl/N-ethyl adjacent to an activating group) is 1. The summed E-state index contributed by atoms with van der Waals surface area (Å²) >= 11 is 23.8. The highest BCUT2D eigenvalue weighted by Crippen LogP contribution is 2.41. The molecule has 61 heteroatoms. The average Bonchev–Trinajstić information content (AvgIpc) is 1.64. The van der Waals surface area contributed by atoms with Gasteiger partial charge in [0.1, 0.15) is 135 Å². The highest BCUT2D eigenvalue weighted by atomic mass is 35.5. The summed E-state index contributed by atoms with van der Waals surface area (Å²) in [7, 11) is 9.83. The normalized spacial score (nSPS) is 12.6. The maximum atomic E-state index is 13.1. The highest BCUT2D eigenvalue weighted by molar-refractivity contribution is 6.33. The SMILES string of the molecule is CN(C)CCOc1cc(Cl)ncc1NC(=O)c1c(N)nn2ccc(C(F)(F)F)nc12.CN1CCC(Oc2c(Cl)cncc2NC(=O)c2c(N)nn3ccc(C(F)(F)F)nc23)CC1.COc1c(Cl)cncc1NC(=O)c1c(N)nn2ccc(C(F)(F)F)nc12.COc1cc(C)ncc1NC(=O)c1c(N)nn2ccc(C(F)(F)F)nc12.COc1cc(Cl)ncc1NC(=O)c1c(N)nn2ccc(C(F)(F)F)nc12. The molecule has 1 aliphatic rings. The van der Waals surface area contributed by atoms with Crippen LogP contribution in [-0.4, -0.2) is 212 Å². The van der Waals surface area contributed by atoms with E-state index in [2.05, 4.69) is 107 Å². The van der Waals surface area contributed by atoms with E-state index in [0.29, 0.717) is 24.6 Å². The first kappa shape index (κ1) is 103. The van der Waals surface area contributed by atoms with Gasteiger partial charge >= 0.3 is 30.9 Å². The number of alkyl halides is 15. The summed E-state index contributed by atoms with van der Waals surface area (Å²) in [6.07, 6.45) is -7.72. The molecule has 1 saturated heterocycles. The van der Waals surface area contributed by atoms with Crippen LogP contribution in [0.3, 0.4) is 0 Å². The van der Waals surface area contributed by atoms with Crippen molar-refractivity contribution in [3.8, 4) is 28.7 Å². The van der Waals surface area contributed by atoms with Crippen molar-refractivity contribution in [3.05, 3.63) is 205 Å². The molecule has 738 valence electrons. The molecule has 15 aromatic rings. The quantitative estimate of drug-likeness (QED) is 0.0265. The minimum absolute atomic E-state index is 0.107. The number of hydrogen-bond acceptors (Lipinski definition) is 32. The molecule has 15 aromatic heterocycles. The first-order valence-corrected chi connectivity index (χ1v) is 40.8. The summed E-state index contributed by atoms with van der Waals surface area (Å²) < 4.78 is 226. The summed E-state index contributed by atoms with van der Waals surface area (Å²) in [6, 6.07) is 8.04. The Morgan fingerprint density at radius 3 is 1.00 bits per heavy atom. The Balaban J connectivity index is 0.000000157. The number of hydrogen-bond donors (Lipinski definition) is 10. The lowest BCUT2D eigenvalue weighted by atomic mass is 10.1. The minimum Gasteiger partial charge on any atom is -0.494 e. The minimum atomic E-state index is -4.69. The number of halogens is 19. The standard InChI is InChI=1S/C19H19ClF3N7O2.C17H17ClF3N7O2.C15H13F3N6O2.2C14H10ClF3N6O2/c1-29-5-2-10(3-6-29)32-15-11(20)8-25-9-12(15)26-18(31)14-16(24)28-30-7-4-13(19(21,22)23)27-17(14)30;1-27(2)5-6-30-10-7-12(18)23-8-9(10)24-16(29)13-14(22)26-28-4-3-11(17(19,20)21)25-15(13)28;1-7-5-9(26-2)8(6-20-7)21-14(25)11-12(19)23-24-4-3-10(15(16,17)18)22-13(11)24;1-26-7-4-9(15)20-5-6(7)21-13(25)10-11(19)23-24-3-2-8(14(16,17)18)22-12(10)24;1-26-10-6(15)4-20-5-7(10)21-13(25)9-11(19)23-24-3-2-8(14(16,17)18)22-12(9)24/h4,7-10H,2-3,5-6H2,1H3,(H2,24,28)(H,26,31);3-4,7-8H,5-6H2,1-2H3,(H2,22,26)(H,24,29);3-6H,1-2H3,(H2,19,23)(H,21,25);2*2-5H,1H3,(H2,19,23)(H,21,25). The number of anilines is 10. The van der Waals surface area contributed by atoms with Gasteiger partial charge in [0, 0.05) is 86.9 Å². The van der Waals surface area contributed by atoms with E-state index in [4.69, 9.17) is 98.8 Å². The molecule has 15 N–H and O–H groups in total. The number of ether oxygens (including phenoxy) is 5. The van der Waals surface area contributed by atoms with Crippen molar-refractivity contribution in [3.63, 3.8) is 0 Å². The average molecular weight is 2050 g/mol. The number of piperidine rings is 1. The van der Waals surface area contributed by atoms with Crippen molar-refractivity contribution in [1.29, 1.82) is 0 Å². The topological polar surface area (TPSA) is 544 Å². The molecule has 16 rings (SSSR count). The van der Waals surface area contributed by atoms with E-state index in [0.717, 1.165) is 110 Å². The third kappa shape index (κ3) is 24.2. The van der Waals surface area contributed by atoms with E-state index in [1.165, 1.54) is 76.8 Å². The summed E-state index contributed by atoms with van der Waals surface area (Å²) in [5.41, 5.74) is 21.0. The summed E-state index contributed by atoms with van der Waals surface area (Å²) in [5, 5.41) is 32.1. The van der Waals surface area contributed by atoms with Gasteiger partial charge in [-0.1, -0.05) is 46.4 Å². The molecule has 0 saturated carbocycles. The summed E-state index contributed by atoms with van der Waals surface area (Å²) in [4.78, 5) is 104. The largest absolute Gasteiger partial charge is 0.494 e. The van der Waals surface area contributed by atoms with E-state index in [-0.39, 0.29) is 163 Å². The number of carbonyl (C=O) groups excluding carboxylic acids is 5. The number of fused-ring (bicyclic) bond motifs is 5. The van der Waals surface area contributed by atoms with Crippen molar-refractivity contribution in [1.82, 2.24) is 108 Å². The Hall–Kier alpha value is -15.8. The van der Waals surface area contributed by atoms with Crippen LogP contribution in [0.5, 0.6) is 28.7 Å². The third-order valence-corrected chi connectivity index (χ3v) is 20.1. The van der Waals surface area contributed by atoms with Gasteiger partial charge in [0.25, 0.3) is 29.5 Å². The van der Waals surface area contributed by atoms with Crippen LogP contribution in [0, 0.1) is 6.92 Å². The number of likely N-dealkylation sites (tertiary alicyclic amines) is 1. The Morgan fingerprint density at radius 2 is 0.693 bits per heavy atom. The van der Waals surface area contributed by atoms with Crippen LogP contribution in [0.25, 0.3) is 28.2 Å². The zero-order valence-corrected chi connectivity index (χ0v) is 75.4. The van der Waals surface area contributed by atoms with Crippen LogP contribution in [-0.2, 0) is 30.9 Å². The lowest BCUT2D eigenvalue weighted by Gasteiger charge is -2.30. The van der Waals surface area contributed by atoms with E-state index in [1.54, 1.807) is 13.0 Å². The molecular weight excluding hydrogens is 1980 g/mol. The first-order valence-electron chi connectivity index (χ1n) is 39.3. The number of amides is 5. The van der Waals surface area contributed by atoms with Crippen molar-refractivity contribution in [2.24, 2.45) is 0 Å². The van der Waals surface area contributed by atoms with Gasteiger partial charge in [-0.05, 0) is 71.2 Å². The number of nitrogens with two attached hydrogens (primary N) is 5. The molecule has 0 bridgehead atoms. The molecule has 16 heterocycles. The number of methoxy groups -OCH3 is 3. The number of carbonyl (C=O) groups is 5. The predicted octanol–water partition coefficient (Wildman–Crippen LogP) is 13.2. The molecule has 0 aliphatic carbocycles. The molecule has 1 aliphatic heterocycles. The number of nitrogens with zero attached hydrogens (tertiary/aromatic N) is 22. The number of nitrogens with one attached hydrogen (secondary N) is 5. The lowest BCUT2D eigenvalue weighted by Crippen LogP contribution is -2.35. The zero-order valence-electron chi connectivity index (χ0n) is 72.4. The molecule has 0 spiro atoms. The maximum absolute atomic E-state index is 13.1. The van der Waals surface area contributed by atoms with Gasteiger partial charge in [0.05, 0.1) is 52.3 Å². The third-order valence-electron chi connectivity index (χ3n) is 19.2. The van der Waals surface area contributed by atoms with E-state index in [9.17, 15) is 89.8 Å². The molecule has 5 amide bonds. The van der Waals surface area contributed by atoms with Crippen molar-refractivity contribution in [2.45, 2.75) is 56.8 Å². The van der Waals surface area contributed by atoms with Crippen molar-refractivity contribution < 1.29 is 114 Å². The Bertz CT molecular complexity index is 7040. The van der Waals surface area contributed by atoms with Crippen LogP contribution >= 0.6 is 46.4 Å². The van der Waals surface area contributed by atoms with E-state index >= 15 is 0 Å². The van der Waals surface area contributed by atoms with E-state index in [1.807, 2.05) is 26.0 Å². The van der Waals surface area contributed by atoms with Crippen LogP contribution in [0.4, 0.5) is 123 Å². The fourth-order valence-corrected chi connectivity index (χ4v) is 13.3. The van der Waals surface area contributed by atoms with Gasteiger partial charge in [0.2, 0.25) is 0 Å². The Labute approximate surface area is 793 Å². The fourth-order valence-electron chi connectivity index (χ4n) is 12.6. The second kappa shape index (κ2) is 42.1. The Morgan fingerprint density at radius 1 is 0.407 bits per heavy atom. The van der Waals surface area contributed by atoms with E-state index < -0.39 is 88.9 Å². The van der Waals surface area contributed by atoms with Crippen LogP contribution in [0.1, 0.15) is 98.8 Å². The summed E-state index contributed by atoms with van der Waals surface area (Å²) in [6.45, 7) is 4.33. The van der Waals surface area contributed by atoms with Gasteiger partial charge in [-0.3, -0.25) is 38.9 Å². The number of aryl methyl sites for hydroxylation is 1. The molecule has 0 aromatic carbocycles. The fraction of sp³-hybridized carbons (Fsp3) is 0.241. The first-order chi connectivity index (χ1) is 65.8. The number of pyridine rings is 5. The molecule has 0 unspecified atom stereocenters. The van der Waals surface area contributed by atoms with Crippen LogP contribution in [0.15, 0.2) is 123 Å². The molecule has 0 atom stereocenters. The number of aromatic nitrogens is 20. The zero-order chi connectivity index (χ0) is 102. The molecule has 0 radical (unpaired) electrons. The predicted molar refractivity (Wildman–Crippen MR) is 473 cm³/mol. The van der Waals surface area contributed by atoms with Gasteiger partial charge < -0.3 is 88.7 Å². The second-order valence-corrected chi connectivity index (χ2v) is 30.8. The van der Waals surface area contributed by atoms with Crippen molar-refractivity contribution >= 4 is 162 Å². The van der Waals surface area contributed by atoms with Crippen LogP contribution in [0.2, 0.25) is 20.4 Å². The van der Waals surface area contributed by atoms with Gasteiger partial charge in [-0.15, -0.1) is 25.5 Å². The summed E-state index contributed by atoms with van der Waals surface area (Å²) in [5.74, 6) is -4.33. The molecule has 140 heavy (non-hydrogen) atoms. The number of rotatable bonds is 19. The Kier molecular flexibility index (Phi) is 31.0. The highest BCUT2D eigenvalue weighted by Gasteiger charge is 2.40. The van der Waals surface area contributed by atoms with Gasteiger partial charge in [0.15, 0.2) is 68.8 Å². The smallest absolute Gasteiger partial charge is 0.433 e. The maximum Gasteiger partial charge on any atom is 0.433 e. The molecule has 1 fully saturated rings. The molecular formula is C79H69Cl4F15N32O10. The van der Waals surface area contributed by atoms with Gasteiger partial charge in [-0.25, -0.2) is 57.5 Å². The number of nitrogen functional groups attached to an aromatic ring is 5. The van der Waals surface area contributed by atoms with Crippen molar-refractivity contribution in [2.75, 3.05) is 124 Å². The second-order valence-electron chi connectivity index (χ2n) is 29.2. The molecule has 42 nitrogen and oxygen atoms in total. The van der Waals surface area contributed by atoms with Crippen LogP contribution < -0.4 is 78.9 Å². The monoisotopic (exact) mass is 2050 g/mol.